The number of nitrogens with zero attached hydrogens (tertiary/aromatic N) is 3. The van der Waals surface area contributed by atoms with Gasteiger partial charge < -0.3 is 20.0 Å². The number of piperazine rings is 2. The minimum atomic E-state index is -3.82. The van der Waals surface area contributed by atoms with Crippen molar-refractivity contribution in [3.8, 4) is 0 Å². The Labute approximate surface area is 203 Å². The van der Waals surface area contributed by atoms with Crippen LogP contribution in [0.5, 0.6) is 0 Å². The molecule has 2 aliphatic heterocycles. The maximum absolute atomic E-state index is 13.3. The highest BCUT2D eigenvalue weighted by Gasteiger charge is 2.24. The molecule has 2 aliphatic rings. The van der Waals surface area contributed by atoms with Gasteiger partial charge in [-0.1, -0.05) is 26.0 Å². The number of carbonyl (C=O) groups excluding carboxylic acids is 1. The third kappa shape index (κ3) is 5.54. The van der Waals surface area contributed by atoms with E-state index in [-0.39, 0.29) is 10.8 Å². The molecule has 8 nitrogen and oxygen atoms in total. The SMILES string of the molecule is CC(C)c1ccc(S(=O)(=O)Nc2cc(C(=O)N3CCN(C)CC3)ccc2N2CCNCC2)cc1. The Kier molecular flexibility index (Phi) is 7.45. The normalized spacial score (nSPS) is 17.8. The maximum atomic E-state index is 13.3. The van der Waals surface area contributed by atoms with Crippen LogP contribution in [-0.4, -0.2) is 83.5 Å². The fraction of sp³-hybridized carbons (Fsp3) is 0.480. The van der Waals surface area contributed by atoms with E-state index in [1.807, 2.05) is 36.2 Å². The highest BCUT2D eigenvalue weighted by Crippen LogP contribution is 2.31. The molecule has 0 bridgehead atoms. The van der Waals surface area contributed by atoms with Crippen LogP contribution in [0.25, 0.3) is 0 Å². The molecule has 4 rings (SSSR count). The Hall–Kier alpha value is -2.62. The minimum absolute atomic E-state index is 0.0679. The lowest BCUT2D eigenvalue weighted by Gasteiger charge is -2.33. The van der Waals surface area contributed by atoms with E-state index < -0.39 is 10.0 Å². The van der Waals surface area contributed by atoms with Crippen molar-refractivity contribution in [2.24, 2.45) is 0 Å². The van der Waals surface area contributed by atoms with Gasteiger partial charge in [0.15, 0.2) is 0 Å². The van der Waals surface area contributed by atoms with Gasteiger partial charge in [-0.05, 0) is 48.9 Å². The number of rotatable bonds is 6. The molecule has 0 saturated carbocycles. The van der Waals surface area contributed by atoms with Crippen LogP contribution in [0.3, 0.4) is 0 Å². The highest BCUT2D eigenvalue weighted by molar-refractivity contribution is 7.92. The van der Waals surface area contributed by atoms with E-state index >= 15 is 0 Å². The minimum Gasteiger partial charge on any atom is -0.367 e. The molecule has 0 atom stereocenters. The van der Waals surface area contributed by atoms with Gasteiger partial charge in [-0.25, -0.2) is 8.42 Å². The average Bonchev–Trinajstić information content (AvgIpc) is 2.84. The zero-order valence-electron chi connectivity index (χ0n) is 20.3. The van der Waals surface area contributed by atoms with E-state index in [0.717, 1.165) is 50.5 Å². The summed E-state index contributed by atoms with van der Waals surface area (Å²) >= 11 is 0. The van der Waals surface area contributed by atoms with Gasteiger partial charge in [-0.15, -0.1) is 0 Å². The summed E-state index contributed by atoms with van der Waals surface area (Å²) in [5.41, 5.74) is 2.81. The number of likely N-dealkylation sites (N-methyl/N-ethyl adjacent to an activating group) is 1. The predicted octanol–water partition coefficient (Wildman–Crippen LogP) is 2.41. The number of sulfonamides is 1. The number of anilines is 2. The number of amides is 1. The maximum Gasteiger partial charge on any atom is 0.261 e. The highest BCUT2D eigenvalue weighted by atomic mass is 32.2. The van der Waals surface area contributed by atoms with Crippen molar-refractivity contribution in [2.75, 3.05) is 69.0 Å². The molecule has 184 valence electrons. The molecular formula is C25H35N5O3S. The Morgan fingerprint density at radius 2 is 1.59 bits per heavy atom. The van der Waals surface area contributed by atoms with E-state index in [1.165, 1.54) is 0 Å². The zero-order chi connectivity index (χ0) is 24.3. The topological polar surface area (TPSA) is 85.0 Å². The second-order valence-corrected chi connectivity index (χ2v) is 11.1. The Balaban J connectivity index is 1.64. The van der Waals surface area contributed by atoms with E-state index in [4.69, 9.17) is 0 Å². The monoisotopic (exact) mass is 485 g/mol. The molecule has 0 aromatic heterocycles. The molecule has 2 aromatic carbocycles. The van der Waals surface area contributed by atoms with Crippen LogP contribution in [-0.2, 0) is 10.0 Å². The lowest BCUT2D eigenvalue weighted by Crippen LogP contribution is -2.47. The van der Waals surface area contributed by atoms with Gasteiger partial charge in [0.1, 0.15) is 0 Å². The van der Waals surface area contributed by atoms with Gasteiger partial charge in [0.25, 0.3) is 15.9 Å². The van der Waals surface area contributed by atoms with Gasteiger partial charge in [-0.2, -0.15) is 0 Å². The van der Waals surface area contributed by atoms with Crippen molar-refractivity contribution in [1.82, 2.24) is 15.1 Å². The molecule has 1 amide bonds. The van der Waals surface area contributed by atoms with E-state index in [0.29, 0.717) is 30.3 Å². The van der Waals surface area contributed by atoms with Crippen LogP contribution < -0.4 is 14.9 Å². The Bertz CT molecular complexity index is 1100. The van der Waals surface area contributed by atoms with E-state index in [1.54, 1.807) is 18.2 Å². The standard InChI is InChI=1S/C25H35N5O3S/c1-19(2)20-4-7-22(8-5-20)34(32,33)27-23-18-21(25(31)30-16-14-28(3)15-17-30)6-9-24(23)29-12-10-26-11-13-29/h4-9,18-19,26-27H,10-17H2,1-3H3. The Morgan fingerprint density at radius 3 is 2.21 bits per heavy atom. The molecule has 0 spiro atoms. The number of hydrogen-bond acceptors (Lipinski definition) is 6. The first kappa shape index (κ1) is 24.5. The van der Waals surface area contributed by atoms with Gasteiger partial charge in [0, 0.05) is 57.9 Å². The first-order valence-electron chi connectivity index (χ1n) is 11.9. The molecule has 2 heterocycles. The second kappa shape index (κ2) is 10.3. The summed E-state index contributed by atoms with van der Waals surface area (Å²) in [6.45, 7) is 10.3. The summed E-state index contributed by atoms with van der Waals surface area (Å²) < 4.78 is 29.4. The van der Waals surface area contributed by atoms with E-state index in [2.05, 4.69) is 33.7 Å². The summed E-state index contributed by atoms with van der Waals surface area (Å²) in [4.78, 5) is 19.6. The van der Waals surface area contributed by atoms with Crippen molar-refractivity contribution in [1.29, 1.82) is 0 Å². The van der Waals surface area contributed by atoms with Crippen molar-refractivity contribution in [3.63, 3.8) is 0 Å². The van der Waals surface area contributed by atoms with Crippen LogP contribution in [0, 0.1) is 0 Å². The number of carbonyl (C=O) groups is 1. The lowest BCUT2D eigenvalue weighted by atomic mass is 10.0. The van der Waals surface area contributed by atoms with Crippen LogP contribution in [0.2, 0.25) is 0 Å². The average molecular weight is 486 g/mol. The van der Waals surface area contributed by atoms with Crippen LogP contribution in [0.4, 0.5) is 11.4 Å². The third-order valence-electron chi connectivity index (χ3n) is 6.59. The summed E-state index contributed by atoms with van der Waals surface area (Å²) in [6, 6.07) is 12.4. The smallest absolute Gasteiger partial charge is 0.261 e. The molecular weight excluding hydrogens is 450 g/mol. The predicted molar refractivity (Wildman–Crippen MR) is 136 cm³/mol. The summed E-state index contributed by atoms with van der Waals surface area (Å²) in [7, 11) is -1.77. The molecule has 2 saturated heterocycles. The molecule has 0 radical (unpaired) electrons. The summed E-state index contributed by atoms with van der Waals surface area (Å²) in [5.74, 6) is 0.253. The largest absolute Gasteiger partial charge is 0.367 e. The first-order valence-corrected chi connectivity index (χ1v) is 13.4. The zero-order valence-corrected chi connectivity index (χ0v) is 21.1. The number of nitrogens with one attached hydrogen (secondary N) is 2. The van der Waals surface area contributed by atoms with Gasteiger partial charge in [-0.3, -0.25) is 9.52 Å². The molecule has 2 aromatic rings. The second-order valence-electron chi connectivity index (χ2n) is 9.39. The van der Waals surface area contributed by atoms with Gasteiger partial charge >= 0.3 is 0 Å². The summed E-state index contributed by atoms with van der Waals surface area (Å²) in [6.07, 6.45) is 0. The van der Waals surface area contributed by atoms with Crippen LogP contribution >= 0.6 is 0 Å². The van der Waals surface area contributed by atoms with Crippen molar-refractivity contribution < 1.29 is 13.2 Å². The lowest BCUT2D eigenvalue weighted by molar-refractivity contribution is 0.0664. The molecule has 9 heteroatoms. The van der Waals surface area contributed by atoms with Crippen LogP contribution in [0.15, 0.2) is 47.4 Å². The molecule has 0 aliphatic carbocycles. The molecule has 34 heavy (non-hydrogen) atoms. The first-order chi connectivity index (χ1) is 16.2. The summed E-state index contributed by atoms with van der Waals surface area (Å²) in [5, 5.41) is 3.32. The fourth-order valence-corrected chi connectivity index (χ4v) is 5.43. The molecule has 0 unspecified atom stereocenters. The number of hydrogen-bond donors (Lipinski definition) is 2. The quantitative estimate of drug-likeness (QED) is 0.654. The molecule has 2 fully saturated rings. The van der Waals surface area contributed by atoms with E-state index in [9.17, 15) is 13.2 Å². The molecule has 2 N–H and O–H groups in total. The fourth-order valence-electron chi connectivity index (χ4n) is 4.36. The van der Waals surface area contributed by atoms with Gasteiger partial charge in [0.2, 0.25) is 0 Å². The van der Waals surface area contributed by atoms with Crippen molar-refractivity contribution in [3.05, 3.63) is 53.6 Å². The Morgan fingerprint density at radius 1 is 0.941 bits per heavy atom. The third-order valence-corrected chi connectivity index (χ3v) is 7.97. The van der Waals surface area contributed by atoms with Crippen LogP contribution in [0.1, 0.15) is 35.7 Å². The van der Waals surface area contributed by atoms with Crippen molar-refractivity contribution >= 4 is 27.3 Å². The van der Waals surface area contributed by atoms with Crippen molar-refractivity contribution in [2.45, 2.75) is 24.7 Å². The van der Waals surface area contributed by atoms with Gasteiger partial charge in [0.05, 0.1) is 16.3 Å². The number of benzene rings is 2.